The lowest BCUT2D eigenvalue weighted by atomic mass is 9.98. The largest absolute Gasteiger partial charge is 0.417 e. The molecule has 25 heavy (non-hydrogen) atoms. The predicted molar refractivity (Wildman–Crippen MR) is 88.9 cm³/mol. The molecule has 0 aliphatic carbocycles. The third-order valence-corrected chi connectivity index (χ3v) is 4.55. The quantitative estimate of drug-likeness (QED) is 0.901. The molecule has 0 atom stereocenters. The first-order valence-corrected chi connectivity index (χ1v) is 9.39. The Labute approximate surface area is 143 Å². The lowest BCUT2D eigenvalue weighted by molar-refractivity contribution is -0.137. The highest BCUT2D eigenvalue weighted by Gasteiger charge is 2.31. The van der Waals surface area contributed by atoms with E-state index in [0.717, 1.165) is 29.6 Å². The molecule has 1 aliphatic heterocycles. The Morgan fingerprint density at radius 1 is 1.20 bits per heavy atom. The number of rotatable bonds is 3. The van der Waals surface area contributed by atoms with E-state index in [-0.39, 0.29) is 0 Å². The van der Waals surface area contributed by atoms with Crippen LogP contribution in [0.4, 0.5) is 24.7 Å². The second-order valence-electron chi connectivity index (χ2n) is 5.89. The molecule has 0 spiro atoms. The Bertz CT molecular complexity index is 880. The first-order chi connectivity index (χ1) is 11.6. The molecule has 2 heterocycles. The van der Waals surface area contributed by atoms with Gasteiger partial charge in [0.25, 0.3) is 0 Å². The van der Waals surface area contributed by atoms with Crippen molar-refractivity contribution in [2.45, 2.75) is 19.1 Å². The van der Waals surface area contributed by atoms with E-state index in [1.54, 1.807) is 12.1 Å². The van der Waals surface area contributed by atoms with Crippen molar-refractivity contribution in [1.82, 2.24) is 4.98 Å². The van der Waals surface area contributed by atoms with Gasteiger partial charge in [-0.1, -0.05) is 12.1 Å². The predicted octanol–water partition coefficient (Wildman–Crippen LogP) is 3.03. The van der Waals surface area contributed by atoms with Crippen molar-refractivity contribution < 1.29 is 21.6 Å². The third kappa shape index (κ3) is 4.04. The summed E-state index contributed by atoms with van der Waals surface area (Å²) in [5, 5.41) is 0. The van der Waals surface area contributed by atoms with E-state index in [9.17, 15) is 21.6 Å². The van der Waals surface area contributed by atoms with E-state index in [1.807, 2.05) is 11.0 Å². The lowest BCUT2D eigenvalue weighted by Gasteiger charge is -2.31. The molecule has 2 aromatic rings. The molecular weight excluding hydrogens is 355 g/mol. The highest BCUT2D eigenvalue weighted by molar-refractivity contribution is 7.92. The van der Waals surface area contributed by atoms with Crippen LogP contribution in [0.25, 0.3) is 0 Å². The summed E-state index contributed by atoms with van der Waals surface area (Å²) >= 11 is 0. The van der Waals surface area contributed by atoms with Gasteiger partial charge in [-0.25, -0.2) is 13.4 Å². The van der Waals surface area contributed by atoms with E-state index in [0.29, 0.717) is 31.0 Å². The molecule has 0 unspecified atom stereocenters. The molecule has 1 aliphatic rings. The summed E-state index contributed by atoms with van der Waals surface area (Å²) in [5.41, 5.74) is 1.58. The Morgan fingerprint density at radius 3 is 2.56 bits per heavy atom. The molecule has 0 radical (unpaired) electrons. The van der Waals surface area contributed by atoms with E-state index in [2.05, 4.69) is 9.71 Å². The second-order valence-corrected chi connectivity index (χ2v) is 7.64. The number of anilines is 2. The number of fused-ring (bicyclic) bond motifs is 1. The van der Waals surface area contributed by atoms with Crippen LogP contribution < -0.4 is 9.62 Å². The molecule has 0 saturated heterocycles. The first-order valence-electron chi connectivity index (χ1n) is 7.50. The Hall–Kier alpha value is -2.29. The molecule has 134 valence electrons. The second kappa shape index (κ2) is 6.21. The molecule has 0 fully saturated rings. The Kier molecular flexibility index (Phi) is 4.36. The zero-order chi connectivity index (χ0) is 18.2. The van der Waals surface area contributed by atoms with Gasteiger partial charge in [0.15, 0.2) is 0 Å². The maximum Gasteiger partial charge on any atom is 0.417 e. The molecule has 0 saturated carbocycles. The zero-order valence-electron chi connectivity index (χ0n) is 13.3. The molecule has 9 heteroatoms. The maximum absolute atomic E-state index is 12.6. The van der Waals surface area contributed by atoms with Gasteiger partial charge in [0.2, 0.25) is 10.0 Å². The number of pyridine rings is 1. The summed E-state index contributed by atoms with van der Waals surface area (Å²) < 4.78 is 63.3. The molecule has 1 aromatic heterocycles. The van der Waals surface area contributed by atoms with Crippen molar-refractivity contribution in [3.63, 3.8) is 0 Å². The number of hydrogen-bond donors (Lipinski definition) is 1. The fourth-order valence-corrected chi connectivity index (χ4v) is 3.43. The van der Waals surface area contributed by atoms with Gasteiger partial charge >= 0.3 is 6.18 Å². The van der Waals surface area contributed by atoms with Gasteiger partial charge in [0.1, 0.15) is 5.82 Å². The highest BCUT2D eigenvalue weighted by Crippen LogP contribution is 2.31. The van der Waals surface area contributed by atoms with Crippen LogP contribution >= 0.6 is 0 Å². The van der Waals surface area contributed by atoms with E-state index in [1.165, 1.54) is 6.07 Å². The maximum atomic E-state index is 12.6. The molecule has 0 bridgehead atoms. The standard InChI is InChI=1S/C16H16F3N3O2S/c1-25(23,24)21-14-4-2-3-11-10-22(8-7-13(11)14)15-6-5-12(9-20-15)16(17,18)19/h2-6,9,21H,7-8,10H2,1H3. The summed E-state index contributed by atoms with van der Waals surface area (Å²) in [7, 11) is -3.38. The van der Waals surface area contributed by atoms with Crippen LogP contribution in [-0.2, 0) is 29.2 Å². The van der Waals surface area contributed by atoms with Crippen LogP contribution in [0.1, 0.15) is 16.7 Å². The molecule has 0 amide bonds. The number of halogens is 3. The van der Waals surface area contributed by atoms with Crippen LogP contribution in [0.3, 0.4) is 0 Å². The number of aromatic nitrogens is 1. The van der Waals surface area contributed by atoms with Crippen molar-refractivity contribution in [1.29, 1.82) is 0 Å². The first kappa shape index (κ1) is 17.5. The van der Waals surface area contributed by atoms with Crippen molar-refractivity contribution in [3.05, 3.63) is 53.2 Å². The lowest BCUT2D eigenvalue weighted by Crippen LogP contribution is -2.31. The van der Waals surface area contributed by atoms with Crippen molar-refractivity contribution >= 4 is 21.5 Å². The monoisotopic (exact) mass is 371 g/mol. The van der Waals surface area contributed by atoms with Gasteiger partial charge in [0.05, 0.1) is 17.5 Å². The average Bonchev–Trinajstić information content (AvgIpc) is 2.52. The zero-order valence-corrected chi connectivity index (χ0v) is 14.2. The molecule has 1 N–H and O–H groups in total. The van der Waals surface area contributed by atoms with Gasteiger partial charge < -0.3 is 4.90 Å². The van der Waals surface area contributed by atoms with Gasteiger partial charge in [0, 0.05) is 19.3 Å². The van der Waals surface area contributed by atoms with E-state index in [4.69, 9.17) is 0 Å². The van der Waals surface area contributed by atoms with Crippen LogP contribution in [0, 0.1) is 0 Å². The smallest absolute Gasteiger partial charge is 0.352 e. The van der Waals surface area contributed by atoms with Crippen LogP contribution in [0.5, 0.6) is 0 Å². The van der Waals surface area contributed by atoms with Gasteiger partial charge in [-0.2, -0.15) is 13.2 Å². The molecule has 3 rings (SSSR count). The number of nitrogens with zero attached hydrogens (tertiary/aromatic N) is 2. The number of nitrogens with one attached hydrogen (secondary N) is 1. The number of sulfonamides is 1. The number of benzene rings is 1. The molecule has 5 nitrogen and oxygen atoms in total. The number of hydrogen-bond acceptors (Lipinski definition) is 4. The molecular formula is C16H16F3N3O2S. The fourth-order valence-electron chi connectivity index (χ4n) is 2.84. The number of alkyl halides is 3. The van der Waals surface area contributed by atoms with Crippen molar-refractivity contribution in [3.8, 4) is 0 Å². The summed E-state index contributed by atoms with van der Waals surface area (Å²) in [6.07, 6.45) is -1.93. The highest BCUT2D eigenvalue weighted by atomic mass is 32.2. The minimum absolute atomic E-state index is 0.451. The summed E-state index contributed by atoms with van der Waals surface area (Å²) in [6.45, 7) is 0.987. The Balaban J connectivity index is 1.83. The SMILES string of the molecule is CS(=O)(=O)Nc1cccc2c1CCN(c1ccc(C(F)(F)F)cn1)C2. The molecule has 1 aromatic carbocycles. The minimum Gasteiger partial charge on any atom is -0.352 e. The summed E-state index contributed by atoms with van der Waals surface area (Å²) in [4.78, 5) is 5.79. The Morgan fingerprint density at radius 2 is 1.96 bits per heavy atom. The van der Waals surface area contributed by atoms with Crippen LogP contribution in [0.2, 0.25) is 0 Å². The van der Waals surface area contributed by atoms with Crippen LogP contribution in [0.15, 0.2) is 36.5 Å². The fraction of sp³-hybridized carbons (Fsp3) is 0.312. The van der Waals surface area contributed by atoms with Crippen molar-refractivity contribution in [2.75, 3.05) is 22.4 Å². The normalized spacial score (nSPS) is 15.0. The third-order valence-electron chi connectivity index (χ3n) is 3.96. The summed E-state index contributed by atoms with van der Waals surface area (Å²) in [6, 6.07) is 7.69. The van der Waals surface area contributed by atoms with Crippen molar-refractivity contribution in [2.24, 2.45) is 0 Å². The van der Waals surface area contributed by atoms with E-state index >= 15 is 0 Å². The van der Waals surface area contributed by atoms with E-state index < -0.39 is 21.8 Å². The van der Waals surface area contributed by atoms with Gasteiger partial charge in [-0.15, -0.1) is 0 Å². The van der Waals surface area contributed by atoms with Gasteiger partial charge in [-0.05, 0) is 35.7 Å². The van der Waals surface area contributed by atoms with Crippen LogP contribution in [-0.4, -0.2) is 26.2 Å². The average molecular weight is 371 g/mol. The topological polar surface area (TPSA) is 62.3 Å². The minimum atomic E-state index is -4.41. The van der Waals surface area contributed by atoms with Gasteiger partial charge in [-0.3, -0.25) is 4.72 Å². The summed E-state index contributed by atoms with van der Waals surface area (Å²) in [5.74, 6) is 0.458.